The molecule has 0 aromatic heterocycles. The summed E-state index contributed by atoms with van der Waals surface area (Å²) >= 11 is 3.55. The van der Waals surface area contributed by atoms with E-state index < -0.39 is 0 Å². The Morgan fingerprint density at radius 3 is 2.38 bits per heavy atom. The van der Waals surface area contributed by atoms with Crippen LogP contribution in [0.5, 0.6) is 17.2 Å². The van der Waals surface area contributed by atoms with Crippen molar-refractivity contribution in [3.63, 3.8) is 0 Å². The van der Waals surface area contributed by atoms with Crippen LogP contribution in [0.1, 0.15) is 11.1 Å². The molecule has 2 rings (SSSR count). The highest BCUT2D eigenvalue weighted by Gasteiger charge is 2.12. The molecule has 0 spiro atoms. The lowest BCUT2D eigenvalue weighted by Crippen LogP contribution is -2.80. The first-order valence-corrected chi connectivity index (χ1v) is 8.52. The molecular weight excluding hydrogens is 370 g/mol. The quantitative estimate of drug-likeness (QED) is 0.665. The van der Waals surface area contributed by atoms with E-state index in [1.807, 2.05) is 18.2 Å². The number of hydrogen-bond donors (Lipinski definition) is 1. The summed E-state index contributed by atoms with van der Waals surface area (Å²) in [6.07, 6.45) is 1.71. The average Bonchev–Trinajstić information content (AvgIpc) is 2.61. The molecule has 0 fully saturated rings. The van der Waals surface area contributed by atoms with Crippen LogP contribution in [0, 0.1) is 0 Å². The summed E-state index contributed by atoms with van der Waals surface area (Å²) in [5.41, 5.74) is 2.42. The van der Waals surface area contributed by atoms with Crippen LogP contribution < -0.4 is 19.5 Å². The van der Waals surface area contributed by atoms with Crippen LogP contribution in [0.3, 0.4) is 0 Å². The van der Waals surface area contributed by atoms with Crippen molar-refractivity contribution in [1.82, 2.24) is 0 Å². The van der Waals surface area contributed by atoms with E-state index in [-0.39, 0.29) is 0 Å². The minimum atomic E-state index is 0.442. The van der Waals surface area contributed by atoms with Crippen LogP contribution in [-0.4, -0.2) is 20.8 Å². The van der Waals surface area contributed by atoms with Crippen molar-refractivity contribution in [1.29, 1.82) is 0 Å². The monoisotopic (exact) mass is 392 g/mol. The van der Waals surface area contributed by atoms with Crippen LogP contribution in [0.25, 0.3) is 0 Å². The molecule has 0 unspecified atom stereocenters. The van der Waals surface area contributed by atoms with Crippen LogP contribution >= 0.6 is 15.9 Å². The van der Waals surface area contributed by atoms with E-state index in [2.05, 4.69) is 46.0 Å². The average molecular weight is 393 g/mol. The van der Waals surface area contributed by atoms with Crippen LogP contribution in [0.15, 0.2) is 53.5 Å². The maximum absolute atomic E-state index is 5.65. The second-order valence-electron chi connectivity index (χ2n) is 5.25. The van der Waals surface area contributed by atoms with Gasteiger partial charge in [0.25, 0.3) is 0 Å². The molecule has 0 heterocycles. The van der Waals surface area contributed by atoms with E-state index >= 15 is 0 Å². The molecule has 24 heavy (non-hydrogen) atoms. The van der Waals surface area contributed by atoms with Crippen LogP contribution in [0.4, 0.5) is 0 Å². The maximum atomic E-state index is 5.65. The fourth-order valence-corrected chi connectivity index (χ4v) is 2.94. The molecule has 0 amide bonds. The molecule has 0 aliphatic rings. The summed E-state index contributed by atoms with van der Waals surface area (Å²) in [4.78, 5) is 0. The van der Waals surface area contributed by atoms with Crippen molar-refractivity contribution in [3.05, 3.63) is 64.7 Å². The molecule has 0 bridgehead atoms. The summed E-state index contributed by atoms with van der Waals surface area (Å²) in [5.74, 6) is 2.30. The minimum absolute atomic E-state index is 0.442. The van der Waals surface area contributed by atoms with Gasteiger partial charge in [0, 0.05) is 11.1 Å². The molecular formula is C19H23BrNO3+. The highest BCUT2D eigenvalue weighted by molar-refractivity contribution is 9.10. The van der Waals surface area contributed by atoms with Gasteiger partial charge in [-0.15, -0.1) is 0 Å². The van der Waals surface area contributed by atoms with E-state index in [1.54, 1.807) is 20.3 Å². The molecule has 0 atom stereocenters. The summed E-state index contributed by atoms with van der Waals surface area (Å²) in [6.45, 7) is 5.86. The second-order valence-corrected chi connectivity index (χ2v) is 6.11. The first kappa shape index (κ1) is 18.4. The zero-order chi connectivity index (χ0) is 17.4. The molecule has 2 aromatic rings. The molecule has 0 saturated carbocycles. The third-order valence-corrected chi connectivity index (χ3v) is 4.14. The van der Waals surface area contributed by atoms with Gasteiger partial charge in [-0.25, -0.2) is 0 Å². The van der Waals surface area contributed by atoms with Crippen molar-refractivity contribution in [3.8, 4) is 17.2 Å². The zero-order valence-corrected chi connectivity index (χ0v) is 15.6. The molecule has 4 nitrogen and oxygen atoms in total. The van der Waals surface area contributed by atoms with Gasteiger partial charge in [-0.2, -0.15) is 0 Å². The Balaban J connectivity index is 1.98. The van der Waals surface area contributed by atoms with Crippen LogP contribution in [0.2, 0.25) is 0 Å². The van der Waals surface area contributed by atoms with Gasteiger partial charge >= 0.3 is 0 Å². The molecule has 128 valence electrons. The molecule has 5 heteroatoms. The standard InChI is InChI=1S/C19H22BrNO3/c1-4-9-24-19-17(20)10-15(11-18(19)23-3)13-21-12-14-5-7-16(22-2)8-6-14/h4-8,10-11,21H,1,9,12-13H2,2-3H3/p+1. The highest BCUT2D eigenvalue weighted by atomic mass is 79.9. The Labute approximate surface area is 151 Å². The van der Waals surface area contributed by atoms with Gasteiger partial charge in [-0.1, -0.05) is 12.7 Å². The number of benzene rings is 2. The van der Waals surface area contributed by atoms with Gasteiger partial charge < -0.3 is 19.5 Å². The Morgan fingerprint density at radius 1 is 1.04 bits per heavy atom. The van der Waals surface area contributed by atoms with Gasteiger partial charge in [0.15, 0.2) is 11.5 Å². The van der Waals surface area contributed by atoms with Crippen molar-refractivity contribution < 1.29 is 19.5 Å². The number of methoxy groups -OCH3 is 2. The fourth-order valence-electron chi connectivity index (χ4n) is 2.34. The van der Waals surface area contributed by atoms with Gasteiger partial charge in [0.05, 0.1) is 18.7 Å². The van der Waals surface area contributed by atoms with Gasteiger partial charge in [-0.05, 0) is 52.3 Å². The molecule has 0 radical (unpaired) electrons. The Hall–Kier alpha value is -1.98. The fraction of sp³-hybridized carbons (Fsp3) is 0.263. The highest BCUT2D eigenvalue weighted by Crippen LogP contribution is 2.36. The van der Waals surface area contributed by atoms with Gasteiger partial charge in [-0.3, -0.25) is 0 Å². The van der Waals surface area contributed by atoms with Crippen molar-refractivity contribution in [2.75, 3.05) is 20.8 Å². The normalized spacial score (nSPS) is 10.3. The van der Waals surface area contributed by atoms with Crippen LogP contribution in [-0.2, 0) is 13.1 Å². The molecule has 0 saturated heterocycles. The van der Waals surface area contributed by atoms with E-state index in [4.69, 9.17) is 14.2 Å². The number of halogens is 1. The minimum Gasteiger partial charge on any atom is -0.497 e. The predicted octanol–water partition coefficient (Wildman–Crippen LogP) is 3.29. The molecule has 2 aromatic carbocycles. The Bertz CT molecular complexity index is 671. The Morgan fingerprint density at radius 2 is 1.75 bits per heavy atom. The topological polar surface area (TPSA) is 44.3 Å². The first-order chi connectivity index (χ1) is 11.7. The molecule has 0 aliphatic heterocycles. The number of hydrogen-bond acceptors (Lipinski definition) is 3. The van der Waals surface area contributed by atoms with E-state index in [0.29, 0.717) is 12.4 Å². The summed E-state index contributed by atoms with van der Waals surface area (Å²) < 4.78 is 17.1. The zero-order valence-electron chi connectivity index (χ0n) is 14.0. The van der Waals surface area contributed by atoms with Crippen molar-refractivity contribution in [2.45, 2.75) is 13.1 Å². The largest absolute Gasteiger partial charge is 0.497 e. The number of quaternary nitrogens is 1. The number of rotatable bonds is 9. The lowest BCUT2D eigenvalue weighted by molar-refractivity contribution is -0.686. The summed E-state index contributed by atoms with van der Waals surface area (Å²) in [5, 5.41) is 2.24. The van der Waals surface area contributed by atoms with E-state index in [1.165, 1.54) is 5.56 Å². The molecule has 0 aliphatic carbocycles. The van der Waals surface area contributed by atoms with Crippen molar-refractivity contribution in [2.24, 2.45) is 0 Å². The SMILES string of the molecule is C=CCOc1c(Br)cc(C[NH2+]Cc2ccc(OC)cc2)cc1OC. The predicted molar refractivity (Wildman–Crippen MR) is 98.7 cm³/mol. The lowest BCUT2D eigenvalue weighted by atomic mass is 10.2. The summed E-state index contributed by atoms with van der Waals surface area (Å²) in [6, 6.07) is 12.2. The second kappa shape index (κ2) is 9.35. The van der Waals surface area contributed by atoms with E-state index in [9.17, 15) is 0 Å². The maximum Gasteiger partial charge on any atom is 0.175 e. The first-order valence-electron chi connectivity index (χ1n) is 7.72. The third-order valence-electron chi connectivity index (χ3n) is 3.55. The molecule has 2 N–H and O–H groups in total. The smallest absolute Gasteiger partial charge is 0.175 e. The third kappa shape index (κ3) is 5.01. The number of ether oxygens (including phenoxy) is 3. The lowest BCUT2D eigenvalue weighted by Gasteiger charge is -2.13. The summed E-state index contributed by atoms with van der Waals surface area (Å²) in [7, 11) is 3.32. The van der Waals surface area contributed by atoms with Gasteiger partial charge in [0.2, 0.25) is 0 Å². The van der Waals surface area contributed by atoms with Crippen molar-refractivity contribution >= 4 is 15.9 Å². The van der Waals surface area contributed by atoms with E-state index in [0.717, 1.165) is 34.6 Å². The van der Waals surface area contributed by atoms with Gasteiger partial charge in [0.1, 0.15) is 25.4 Å². The Kier molecular flexibility index (Phi) is 7.15. The number of nitrogens with two attached hydrogens (primary N) is 1.